The summed E-state index contributed by atoms with van der Waals surface area (Å²) in [6, 6.07) is 18.7. The van der Waals surface area contributed by atoms with Gasteiger partial charge in [-0.3, -0.25) is 14.9 Å². The van der Waals surface area contributed by atoms with Gasteiger partial charge < -0.3 is 5.32 Å². The van der Waals surface area contributed by atoms with Crippen LogP contribution in [0.25, 0.3) is 10.6 Å². The van der Waals surface area contributed by atoms with Gasteiger partial charge in [-0.1, -0.05) is 99.2 Å². The summed E-state index contributed by atoms with van der Waals surface area (Å²) in [4.78, 5) is 26.1. The minimum atomic E-state index is -0.653. The van der Waals surface area contributed by atoms with Crippen molar-refractivity contribution in [3.63, 3.8) is 0 Å². The molecule has 0 saturated carbocycles. The van der Waals surface area contributed by atoms with Gasteiger partial charge in [-0.25, -0.2) is 0 Å². The zero-order valence-electron chi connectivity index (χ0n) is 18.0. The Hall–Kier alpha value is -3.06. The van der Waals surface area contributed by atoms with Crippen LogP contribution >= 0.6 is 11.3 Å². The maximum atomic E-state index is 13.1. The van der Waals surface area contributed by atoms with Gasteiger partial charge in [-0.2, -0.15) is 0 Å². The standard InChI is InChI=1S/C24H28N4O2S/c1-4-16(3)20(25-21(29)19(5-2)17-12-8-6-9-13-17)22(30)26-24-28-27-23(31-24)18-14-10-7-11-15-18/h6-16,19-20H,4-5H2,1-3H3,(H,25,29)(H,26,28,30). The fourth-order valence-corrected chi connectivity index (χ4v) is 4.12. The Labute approximate surface area is 187 Å². The van der Waals surface area contributed by atoms with Crippen molar-refractivity contribution in [2.75, 3.05) is 5.32 Å². The largest absolute Gasteiger partial charge is 0.344 e. The molecule has 1 heterocycles. The summed E-state index contributed by atoms with van der Waals surface area (Å²) in [7, 11) is 0. The molecule has 0 saturated heterocycles. The Morgan fingerprint density at radius 3 is 2.16 bits per heavy atom. The molecule has 0 aliphatic heterocycles. The minimum absolute atomic E-state index is 0.0289. The lowest BCUT2D eigenvalue weighted by Crippen LogP contribution is -2.49. The monoisotopic (exact) mass is 436 g/mol. The van der Waals surface area contributed by atoms with Crippen molar-refractivity contribution in [3.05, 3.63) is 66.2 Å². The van der Waals surface area contributed by atoms with E-state index in [1.165, 1.54) is 11.3 Å². The van der Waals surface area contributed by atoms with Gasteiger partial charge in [-0.05, 0) is 17.9 Å². The molecule has 162 valence electrons. The molecule has 0 aliphatic carbocycles. The molecule has 7 heteroatoms. The zero-order chi connectivity index (χ0) is 22.2. The van der Waals surface area contributed by atoms with E-state index < -0.39 is 6.04 Å². The smallest absolute Gasteiger partial charge is 0.249 e. The Morgan fingerprint density at radius 2 is 1.55 bits per heavy atom. The summed E-state index contributed by atoms with van der Waals surface area (Å²) >= 11 is 1.31. The van der Waals surface area contributed by atoms with Crippen molar-refractivity contribution in [2.24, 2.45) is 5.92 Å². The van der Waals surface area contributed by atoms with Crippen LogP contribution in [0.1, 0.15) is 45.1 Å². The molecule has 1 aromatic heterocycles. The third-order valence-corrected chi connectivity index (χ3v) is 6.28. The first-order chi connectivity index (χ1) is 15.0. The molecule has 0 aliphatic rings. The Kier molecular flexibility index (Phi) is 7.89. The molecule has 3 aromatic rings. The van der Waals surface area contributed by atoms with Gasteiger partial charge in [0.1, 0.15) is 11.0 Å². The highest BCUT2D eigenvalue weighted by molar-refractivity contribution is 7.18. The quantitative estimate of drug-likeness (QED) is 0.501. The molecule has 2 amide bonds. The first-order valence-corrected chi connectivity index (χ1v) is 11.4. The number of carbonyl (C=O) groups is 2. The van der Waals surface area contributed by atoms with Crippen molar-refractivity contribution in [1.29, 1.82) is 0 Å². The Bertz CT molecular complexity index is 991. The van der Waals surface area contributed by atoms with E-state index in [4.69, 9.17) is 0 Å². The van der Waals surface area contributed by atoms with E-state index in [9.17, 15) is 9.59 Å². The van der Waals surface area contributed by atoms with E-state index in [0.29, 0.717) is 11.6 Å². The van der Waals surface area contributed by atoms with Gasteiger partial charge in [0.25, 0.3) is 0 Å². The predicted molar refractivity (Wildman–Crippen MR) is 125 cm³/mol. The van der Waals surface area contributed by atoms with Crippen molar-refractivity contribution in [2.45, 2.75) is 45.6 Å². The van der Waals surface area contributed by atoms with Gasteiger partial charge in [-0.15, -0.1) is 10.2 Å². The zero-order valence-corrected chi connectivity index (χ0v) is 18.9. The summed E-state index contributed by atoms with van der Waals surface area (Å²) in [5, 5.41) is 15.2. The molecule has 2 N–H and O–H groups in total. The van der Waals surface area contributed by atoms with Gasteiger partial charge in [0, 0.05) is 5.56 Å². The topological polar surface area (TPSA) is 84.0 Å². The first kappa shape index (κ1) is 22.6. The number of carbonyl (C=O) groups excluding carboxylic acids is 2. The fraction of sp³-hybridized carbons (Fsp3) is 0.333. The number of anilines is 1. The molecule has 0 fully saturated rings. The number of benzene rings is 2. The third kappa shape index (κ3) is 5.76. The lowest BCUT2D eigenvalue weighted by molar-refractivity contribution is -0.128. The Balaban J connectivity index is 1.72. The van der Waals surface area contributed by atoms with Crippen LogP contribution in [-0.4, -0.2) is 28.1 Å². The lowest BCUT2D eigenvalue weighted by atomic mass is 9.93. The van der Waals surface area contributed by atoms with Crippen LogP contribution in [-0.2, 0) is 9.59 Å². The van der Waals surface area contributed by atoms with Crippen molar-refractivity contribution < 1.29 is 9.59 Å². The van der Waals surface area contributed by atoms with Crippen LogP contribution in [0.5, 0.6) is 0 Å². The van der Waals surface area contributed by atoms with Crippen LogP contribution in [0.3, 0.4) is 0 Å². The predicted octanol–water partition coefficient (Wildman–Crippen LogP) is 4.87. The highest BCUT2D eigenvalue weighted by Gasteiger charge is 2.29. The highest BCUT2D eigenvalue weighted by atomic mass is 32.1. The molecule has 2 aromatic carbocycles. The molecule has 3 unspecified atom stereocenters. The number of nitrogens with zero attached hydrogens (tertiary/aromatic N) is 2. The van der Waals surface area contributed by atoms with Crippen LogP contribution in [0.4, 0.5) is 5.13 Å². The molecular weight excluding hydrogens is 408 g/mol. The SMILES string of the molecule is CCC(C(=O)NC(C(=O)Nc1nnc(-c2ccccc2)s1)C(C)CC)c1ccccc1. The summed E-state index contributed by atoms with van der Waals surface area (Å²) in [6.07, 6.45) is 1.41. The fourth-order valence-electron chi connectivity index (χ4n) is 3.37. The van der Waals surface area contributed by atoms with Crippen LogP contribution in [0.15, 0.2) is 60.7 Å². The summed E-state index contributed by atoms with van der Waals surface area (Å²) in [6.45, 7) is 5.94. The molecule has 0 radical (unpaired) electrons. The molecular formula is C24H28N4O2S. The average molecular weight is 437 g/mol. The second-order valence-corrected chi connectivity index (χ2v) is 8.49. The molecule has 3 atom stereocenters. The number of aromatic nitrogens is 2. The maximum Gasteiger partial charge on any atom is 0.249 e. The van der Waals surface area contributed by atoms with E-state index >= 15 is 0 Å². The second kappa shape index (κ2) is 10.8. The Morgan fingerprint density at radius 1 is 0.903 bits per heavy atom. The number of hydrogen-bond donors (Lipinski definition) is 2. The van der Waals surface area contributed by atoms with E-state index in [1.807, 2.05) is 81.4 Å². The van der Waals surface area contributed by atoms with Crippen molar-refractivity contribution in [1.82, 2.24) is 15.5 Å². The van der Waals surface area contributed by atoms with Crippen molar-refractivity contribution in [3.8, 4) is 10.6 Å². The van der Waals surface area contributed by atoms with Gasteiger partial charge in [0.15, 0.2) is 0 Å². The van der Waals surface area contributed by atoms with E-state index in [2.05, 4.69) is 20.8 Å². The average Bonchev–Trinajstić information content (AvgIpc) is 3.27. The first-order valence-electron chi connectivity index (χ1n) is 10.6. The molecule has 6 nitrogen and oxygen atoms in total. The van der Waals surface area contributed by atoms with Gasteiger partial charge >= 0.3 is 0 Å². The summed E-state index contributed by atoms with van der Waals surface area (Å²) < 4.78 is 0. The second-order valence-electron chi connectivity index (χ2n) is 7.51. The van der Waals surface area contributed by atoms with E-state index in [0.717, 1.165) is 22.6 Å². The maximum absolute atomic E-state index is 13.1. The minimum Gasteiger partial charge on any atom is -0.344 e. The lowest BCUT2D eigenvalue weighted by Gasteiger charge is -2.25. The van der Waals surface area contributed by atoms with E-state index in [-0.39, 0.29) is 23.7 Å². The molecule has 0 spiro atoms. The van der Waals surface area contributed by atoms with Crippen LogP contribution < -0.4 is 10.6 Å². The third-order valence-electron chi connectivity index (χ3n) is 5.40. The summed E-state index contributed by atoms with van der Waals surface area (Å²) in [5.74, 6) is -0.747. The normalized spacial score (nSPS) is 13.8. The summed E-state index contributed by atoms with van der Waals surface area (Å²) in [5.41, 5.74) is 1.89. The van der Waals surface area contributed by atoms with Crippen LogP contribution in [0, 0.1) is 5.92 Å². The number of nitrogens with one attached hydrogen (secondary N) is 2. The molecule has 0 bridgehead atoms. The van der Waals surface area contributed by atoms with E-state index in [1.54, 1.807) is 0 Å². The van der Waals surface area contributed by atoms with Crippen molar-refractivity contribution >= 4 is 28.3 Å². The number of amides is 2. The molecule has 3 rings (SSSR count). The molecule has 31 heavy (non-hydrogen) atoms. The van der Waals surface area contributed by atoms with Gasteiger partial charge in [0.2, 0.25) is 16.9 Å². The van der Waals surface area contributed by atoms with Gasteiger partial charge in [0.05, 0.1) is 5.92 Å². The van der Waals surface area contributed by atoms with Crippen LogP contribution in [0.2, 0.25) is 0 Å². The number of hydrogen-bond acceptors (Lipinski definition) is 5. The number of rotatable bonds is 9. The highest BCUT2D eigenvalue weighted by Crippen LogP contribution is 2.26.